The molecular weight excluding hydrogens is 288 g/mol. The van der Waals surface area contributed by atoms with Crippen molar-refractivity contribution in [2.24, 2.45) is 0 Å². The summed E-state index contributed by atoms with van der Waals surface area (Å²) < 4.78 is 7.49. The summed E-state index contributed by atoms with van der Waals surface area (Å²) in [6, 6.07) is 7.74. The molecule has 1 saturated heterocycles. The molecule has 0 radical (unpaired) electrons. The molecule has 0 unspecified atom stereocenters. The largest absolute Gasteiger partial charge is 0.379 e. The van der Waals surface area contributed by atoms with E-state index in [1.54, 1.807) is 6.07 Å². The second-order valence-electron chi connectivity index (χ2n) is 5.08. The zero-order valence-electron chi connectivity index (χ0n) is 11.8. The van der Waals surface area contributed by atoms with Crippen molar-refractivity contribution in [3.63, 3.8) is 0 Å². The second kappa shape index (κ2) is 6.44. The standard InChI is InChI=1S/C15H17ClN4O/c16-10-15-18-13-2-1-12(11-17)9-14(13)20(15)4-3-19-5-7-21-8-6-19/h1-2,9H,3-8,10H2. The van der Waals surface area contributed by atoms with Crippen molar-refractivity contribution >= 4 is 22.6 Å². The van der Waals surface area contributed by atoms with Crippen molar-refractivity contribution in [1.82, 2.24) is 14.5 Å². The quantitative estimate of drug-likeness (QED) is 0.811. The number of imidazole rings is 1. The molecule has 2 aromatic rings. The van der Waals surface area contributed by atoms with Crippen LogP contribution < -0.4 is 0 Å². The maximum atomic E-state index is 9.06. The molecule has 1 aromatic carbocycles. The number of nitriles is 1. The third-order valence-electron chi connectivity index (χ3n) is 3.82. The lowest BCUT2D eigenvalue weighted by atomic mass is 10.2. The molecule has 1 aliphatic heterocycles. The van der Waals surface area contributed by atoms with Crippen LogP contribution in [0.15, 0.2) is 18.2 Å². The first-order valence-corrected chi connectivity index (χ1v) is 7.60. The number of benzene rings is 1. The van der Waals surface area contributed by atoms with Gasteiger partial charge in [0.2, 0.25) is 0 Å². The van der Waals surface area contributed by atoms with Crippen molar-refractivity contribution in [2.45, 2.75) is 12.4 Å². The van der Waals surface area contributed by atoms with Crippen LogP contribution in [-0.4, -0.2) is 47.3 Å². The Balaban J connectivity index is 1.86. The van der Waals surface area contributed by atoms with Crippen molar-refractivity contribution in [3.05, 3.63) is 29.6 Å². The first kappa shape index (κ1) is 14.3. The van der Waals surface area contributed by atoms with Gasteiger partial charge in [-0.25, -0.2) is 4.98 Å². The highest BCUT2D eigenvalue weighted by Gasteiger charge is 2.14. The molecule has 1 fully saturated rings. The van der Waals surface area contributed by atoms with E-state index in [9.17, 15) is 0 Å². The number of rotatable bonds is 4. The molecule has 3 rings (SSSR count). The monoisotopic (exact) mass is 304 g/mol. The van der Waals surface area contributed by atoms with Crippen LogP contribution >= 0.6 is 11.6 Å². The lowest BCUT2D eigenvalue weighted by Gasteiger charge is -2.26. The topological polar surface area (TPSA) is 54.1 Å². The Morgan fingerprint density at radius 1 is 1.29 bits per heavy atom. The molecule has 0 atom stereocenters. The Hall–Kier alpha value is -1.61. The molecule has 0 spiro atoms. The summed E-state index contributed by atoms with van der Waals surface area (Å²) >= 11 is 6.02. The number of morpholine rings is 1. The zero-order chi connectivity index (χ0) is 14.7. The highest BCUT2D eigenvalue weighted by Crippen LogP contribution is 2.19. The fraction of sp³-hybridized carbons (Fsp3) is 0.467. The van der Waals surface area contributed by atoms with Crippen LogP contribution in [0.25, 0.3) is 11.0 Å². The normalized spacial score (nSPS) is 16.2. The SMILES string of the molecule is N#Cc1ccc2nc(CCl)n(CCN3CCOCC3)c2c1. The predicted molar refractivity (Wildman–Crippen MR) is 81.3 cm³/mol. The minimum absolute atomic E-state index is 0.375. The van der Waals surface area contributed by atoms with Gasteiger partial charge >= 0.3 is 0 Å². The van der Waals surface area contributed by atoms with Gasteiger partial charge in [0.1, 0.15) is 5.82 Å². The first-order chi connectivity index (χ1) is 10.3. The Kier molecular flexibility index (Phi) is 4.39. The summed E-state index contributed by atoms with van der Waals surface area (Å²) in [4.78, 5) is 6.93. The summed E-state index contributed by atoms with van der Waals surface area (Å²) in [7, 11) is 0. The molecule has 1 aromatic heterocycles. The van der Waals surface area contributed by atoms with Gasteiger partial charge in [-0.05, 0) is 18.2 Å². The predicted octanol–water partition coefficient (Wildman–Crippen LogP) is 1.98. The fourth-order valence-electron chi connectivity index (χ4n) is 2.66. The Morgan fingerprint density at radius 2 is 2.10 bits per heavy atom. The van der Waals surface area contributed by atoms with Crippen molar-refractivity contribution < 1.29 is 4.74 Å². The van der Waals surface area contributed by atoms with Gasteiger partial charge in [-0.1, -0.05) is 0 Å². The molecule has 0 saturated carbocycles. The number of nitrogens with zero attached hydrogens (tertiary/aromatic N) is 4. The highest BCUT2D eigenvalue weighted by molar-refractivity contribution is 6.16. The van der Waals surface area contributed by atoms with Crippen LogP contribution in [0.4, 0.5) is 0 Å². The highest BCUT2D eigenvalue weighted by atomic mass is 35.5. The lowest BCUT2D eigenvalue weighted by molar-refractivity contribution is 0.0364. The van der Waals surface area contributed by atoms with E-state index in [0.29, 0.717) is 11.4 Å². The number of alkyl halides is 1. The van der Waals surface area contributed by atoms with Gasteiger partial charge in [0.25, 0.3) is 0 Å². The van der Waals surface area contributed by atoms with Crippen LogP contribution in [0.2, 0.25) is 0 Å². The van der Waals surface area contributed by atoms with E-state index >= 15 is 0 Å². The molecule has 2 heterocycles. The van der Waals surface area contributed by atoms with E-state index in [0.717, 1.165) is 56.3 Å². The minimum atomic E-state index is 0.375. The van der Waals surface area contributed by atoms with Gasteiger partial charge in [0.05, 0.1) is 41.8 Å². The van der Waals surface area contributed by atoms with Gasteiger partial charge in [0.15, 0.2) is 0 Å². The van der Waals surface area contributed by atoms with E-state index in [1.165, 1.54) is 0 Å². The minimum Gasteiger partial charge on any atom is -0.379 e. The number of hydrogen-bond donors (Lipinski definition) is 0. The average molecular weight is 305 g/mol. The van der Waals surface area contributed by atoms with Gasteiger partial charge in [-0.3, -0.25) is 4.90 Å². The molecule has 110 valence electrons. The van der Waals surface area contributed by atoms with Crippen LogP contribution in [0.1, 0.15) is 11.4 Å². The third kappa shape index (κ3) is 3.03. The molecule has 0 bridgehead atoms. The van der Waals surface area contributed by atoms with Crippen LogP contribution in [-0.2, 0) is 17.2 Å². The average Bonchev–Trinajstić information content (AvgIpc) is 2.90. The van der Waals surface area contributed by atoms with Gasteiger partial charge in [-0.15, -0.1) is 11.6 Å². The second-order valence-corrected chi connectivity index (χ2v) is 5.35. The molecule has 0 amide bonds. The molecule has 5 nitrogen and oxygen atoms in total. The summed E-state index contributed by atoms with van der Waals surface area (Å²) in [6.45, 7) is 5.29. The maximum absolute atomic E-state index is 9.06. The fourth-order valence-corrected chi connectivity index (χ4v) is 2.86. The molecule has 0 N–H and O–H groups in total. The zero-order valence-corrected chi connectivity index (χ0v) is 12.5. The number of halogens is 1. The van der Waals surface area contributed by atoms with Crippen molar-refractivity contribution in [1.29, 1.82) is 5.26 Å². The summed E-state index contributed by atoms with van der Waals surface area (Å²) in [5.41, 5.74) is 2.53. The van der Waals surface area contributed by atoms with Crippen LogP contribution in [0, 0.1) is 11.3 Å². The molecular formula is C15H17ClN4O. The molecule has 21 heavy (non-hydrogen) atoms. The van der Waals surface area contributed by atoms with Crippen LogP contribution in [0.3, 0.4) is 0 Å². The lowest BCUT2D eigenvalue weighted by Crippen LogP contribution is -2.38. The van der Waals surface area contributed by atoms with Gasteiger partial charge < -0.3 is 9.30 Å². The van der Waals surface area contributed by atoms with E-state index in [2.05, 4.69) is 20.5 Å². The number of ether oxygens (including phenoxy) is 1. The third-order valence-corrected chi connectivity index (χ3v) is 4.06. The summed E-state index contributed by atoms with van der Waals surface area (Å²) in [5, 5.41) is 9.06. The van der Waals surface area contributed by atoms with Gasteiger partial charge in [-0.2, -0.15) is 5.26 Å². The number of aromatic nitrogens is 2. The van der Waals surface area contributed by atoms with E-state index in [4.69, 9.17) is 21.6 Å². The molecule has 0 aliphatic carbocycles. The Bertz CT molecular complexity index is 670. The maximum Gasteiger partial charge on any atom is 0.124 e. The van der Waals surface area contributed by atoms with Gasteiger partial charge in [0, 0.05) is 26.2 Å². The molecule has 6 heteroatoms. The van der Waals surface area contributed by atoms with Crippen molar-refractivity contribution in [3.8, 4) is 6.07 Å². The Morgan fingerprint density at radius 3 is 2.81 bits per heavy atom. The Labute approximate surface area is 128 Å². The van der Waals surface area contributed by atoms with Crippen molar-refractivity contribution in [2.75, 3.05) is 32.8 Å². The summed E-state index contributed by atoms with van der Waals surface area (Å²) in [5.74, 6) is 1.23. The van der Waals surface area contributed by atoms with Crippen LogP contribution in [0.5, 0.6) is 0 Å². The number of fused-ring (bicyclic) bond motifs is 1. The van der Waals surface area contributed by atoms with E-state index in [-0.39, 0.29) is 0 Å². The van der Waals surface area contributed by atoms with E-state index < -0.39 is 0 Å². The number of hydrogen-bond acceptors (Lipinski definition) is 4. The first-order valence-electron chi connectivity index (χ1n) is 7.07. The molecule has 1 aliphatic rings. The summed E-state index contributed by atoms with van der Waals surface area (Å²) in [6.07, 6.45) is 0. The smallest absolute Gasteiger partial charge is 0.124 e. The van der Waals surface area contributed by atoms with E-state index in [1.807, 2.05) is 12.1 Å².